The Bertz CT molecular complexity index is 674. The van der Waals surface area contributed by atoms with Gasteiger partial charge in [0.25, 0.3) is 0 Å². The van der Waals surface area contributed by atoms with Crippen molar-refractivity contribution in [1.29, 1.82) is 0 Å². The molecule has 0 bridgehead atoms. The van der Waals surface area contributed by atoms with Crippen LogP contribution in [0, 0.1) is 5.41 Å². The minimum Gasteiger partial charge on any atom is -0.493 e. The van der Waals surface area contributed by atoms with E-state index < -0.39 is 0 Å². The van der Waals surface area contributed by atoms with Gasteiger partial charge in [0.15, 0.2) is 0 Å². The number of aliphatic hydroxyl groups is 1. The Labute approximate surface area is 136 Å². The van der Waals surface area contributed by atoms with E-state index in [0.717, 1.165) is 29.4 Å². The molecule has 0 heterocycles. The van der Waals surface area contributed by atoms with Gasteiger partial charge in [0.1, 0.15) is 5.75 Å². The van der Waals surface area contributed by atoms with E-state index in [1.807, 2.05) is 30.3 Å². The van der Waals surface area contributed by atoms with Crippen LogP contribution in [0.1, 0.15) is 25.7 Å². The summed E-state index contributed by atoms with van der Waals surface area (Å²) in [6, 6.07) is 14.1. The lowest BCUT2D eigenvalue weighted by molar-refractivity contribution is -0.121. The molecule has 2 aromatic rings. The molecular formula is C19H23NO3. The Morgan fingerprint density at radius 3 is 2.74 bits per heavy atom. The van der Waals surface area contributed by atoms with Gasteiger partial charge in [-0.3, -0.25) is 4.79 Å². The van der Waals surface area contributed by atoms with Crippen LogP contribution in [0.5, 0.6) is 5.75 Å². The molecule has 3 rings (SSSR count). The number of carbonyl (C=O) groups excluding carboxylic acids is 1. The third-order valence-corrected chi connectivity index (χ3v) is 4.51. The molecule has 1 fully saturated rings. The predicted molar refractivity (Wildman–Crippen MR) is 90.4 cm³/mol. The molecule has 0 unspecified atom stereocenters. The maximum absolute atomic E-state index is 11.8. The van der Waals surface area contributed by atoms with Crippen LogP contribution in [0.3, 0.4) is 0 Å². The van der Waals surface area contributed by atoms with Crippen molar-refractivity contribution in [3.05, 3.63) is 42.5 Å². The monoisotopic (exact) mass is 313 g/mol. The topological polar surface area (TPSA) is 58.6 Å². The molecule has 0 aromatic heterocycles. The van der Waals surface area contributed by atoms with E-state index in [1.54, 1.807) is 0 Å². The third kappa shape index (κ3) is 4.02. The first-order valence-corrected chi connectivity index (χ1v) is 8.21. The normalized spacial score (nSPS) is 15.3. The molecule has 1 saturated carbocycles. The van der Waals surface area contributed by atoms with Gasteiger partial charge in [-0.2, -0.15) is 0 Å². The van der Waals surface area contributed by atoms with Crippen molar-refractivity contribution in [2.24, 2.45) is 5.41 Å². The van der Waals surface area contributed by atoms with E-state index in [-0.39, 0.29) is 17.9 Å². The Morgan fingerprint density at radius 1 is 1.17 bits per heavy atom. The van der Waals surface area contributed by atoms with Gasteiger partial charge in [-0.15, -0.1) is 0 Å². The number of ether oxygens (including phenoxy) is 1. The SMILES string of the molecule is O=C(CCCOc1cccc2ccccc12)NCC1(CO)CC1. The van der Waals surface area contributed by atoms with Crippen LogP contribution in [0.15, 0.2) is 42.5 Å². The Kier molecular flexibility index (Phi) is 4.82. The smallest absolute Gasteiger partial charge is 0.220 e. The molecule has 1 aliphatic carbocycles. The summed E-state index contributed by atoms with van der Waals surface area (Å²) in [5.74, 6) is 0.895. The second-order valence-electron chi connectivity index (χ2n) is 6.36. The summed E-state index contributed by atoms with van der Waals surface area (Å²) in [7, 11) is 0. The summed E-state index contributed by atoms with van der Waals surface area (Å²) in [6.45, 7) is 1.27. The van der Waals surface area contributed by atoms with Gasteiger partial charge in [0.2, 0.25) is 5.91 Å². The van der Waals surface area contributed by atoms with E-state index >= 15 is 0 Å². The van der Waals surface area contributed by atoms with Crippen molar-refractivity contribution < 1.29 is 14.6 Å². The van der Waals surface area contributed by atoms with Crippen LogP contribution in [0.25, 0.3) is 10.8 Å². The van der Waals surface area contributed by atoms with Gasteiger partial charge in [-0.05, 0) is 30.7 Å². The zero-order valence-electron chi connectivity index (χ0n) is 13.3. The first-order chi connectivity index (χ1) is 11.2. The van der Waals surface area contributed by atoms with Crippen molar-refractivity contribution in [3.63, 3.8) is 0 Å². The van der Waals surface area contributed by atoms with Gasteiger partial charge in [-0.25, -0.2) is 0 Å². The first-order valence-electron chi connectivity index (χ1n) is 8.21. The highest BCUT2D eigenvalue weighted by molar-refractivity contribution is 5.88. The summed E-state index contributed by atoms with van der Waals surface area (Å²) in [5.41, 5.74) is -0.0326. The second-order valence-corrected chi connectivity index (χ2v) is 6.36. The molecule has 0 aliphatic heterocycles. The number of hydrogen-bond acceptors (Lipinski definition) is 3. The minimum atomic E-state index is -0.0326. The number of aliphatic hydroxyl groups excluding tert-OH is 1. The highest BCUT2D eigenvalue weighted by Crippen LogP contribution is 2.44. The molecular weight excluding hydrogens is 290 g/mol. The molecule has 4 nitrogen and oxygen atoms in total. The number of fused-ring (bicyclic) bond motifs is 1. The van der Waals surface area contributed by atoms with Crippen molar-refractivity contribution in [2.45, 2.75) is 25.7 Å². The molecule has 0 radical (unpaired) electrons. The van der Waals surface area contributed by atoms with Gasteiger partial charge >= 0.3 is 0 Å². The number of nitrogens with one attached hydrogen (secondary N) is 1. The van der Waals surface area contributed by atoms with E-state index in [1.165, 1.54) is 0 Å². The van der Waals surface area contributed by atoms with E-state index in [2.05, 4.69) is 17.4 Å². The fraction of sp³-hybridized carbons (Fsp3) is 0.421. The van der Waals surface area contributed by atoms with E-state index in [4.69, 9.17) is 4.74 Å². The summed E-state index contributed by atoms with van der Waals surface area (Å²) in [4.78, 5) is 11.8. The second kappa shape index (κ2) is 7.01. The van der Waals surface area contributed by atoms with Gasteiger partial charge in [-0.1, -0.05) is 36.4 Å². The number of rotatable bonds is 8. The van der Waals surface area contributed by atoms with Crippen LogP contribution < -0.4 is 10.1 Å². The van der Waals surface area contributed by atoms with Crippen molar-refractivity contribution in [1.82, 2.24) is 5.32 Å². The van der Waals surface area contributed by atoms with Crippen molar-refractivity contribution in [3.8, 4) is 5.75 Å². The van der Waals surface area contributed by atoms with Gasteiger partial charge in [0, 0.05) is 23.8 Å². The number of hydrogen-bond donors (Lipinski definition) is 2. The lowest BCUT2D eigenvalue weighted by Gasteiger charge is -2.13. The third-order valence-electron chi connectivity index (χ3n) is 4.51. The Morgan fingerprint density at radius 2 is 1.96 bits per heavy atom. The molecule has 0 atom stereocenters. The number of carbonyl (C=O) groups is 1. The van der Waals surface area contributed by atoms with Gasteiger partial charge < -0.3 is 15.2 Å². The Hall–Kier alpha value is -2.07. The fourth-order valence-electron chi connectivity index (χ4n) is 2.68. The number of benzene rings is 2. The maximum atomic E-state index is 11.8. The predicted octanol–water partition coefficient (Wildman–Crippen LogP) is 2.89. The van der Waals surface area contributed by atoms with Crippen LogP contribution >= 0.6 is 0 Å². The summed E-state index contributed by atoms with van der Waals surface area (Å²) < 4.78 is 5.83. The summed E-state index contributed by atoms with van der Waals surface area (Å²) in [5, 5.41) is 14.4. The zero-order valence-corrected chi connectivity index (χ0v) is 13.3. The highest BCUT2D eigenvalue weighted by atomic mass is 16.5. The summed E-state index contributed by atoms with van der Waals surface area (Å²) >= 11 is 0. The Balaban J connectivity index is 1.41. The fourth-order valence-corrected chi connectivity index (χ4v) is 2.68. The maximum Gasteiger partial charge on any atom is 0.220 e. The van der Waals surface area contributed by atoms with E-state index in [9.17, 15) is 9.90 Å². The lowest BCUT2D eigenvalue weighted by atomic mass is 10.1. The quantitative estimate of drug-likeness (QED) is 0.737. The van der Waals surface area contributed by atoms with Crippen LogP contribution in [-0.2, 0) is 4.79 Å². The van der Waals surface area contributed by atoms with Gasteiger partial charge in [0.05, 0.1) is 13.2 Å². The molecule has 23 heavy (non-hydrogen) atoms. The van der Waals surface area contributed by atoms with Crippen molar-refractivity contribution in [2.75, 3.05) is 19.8 Å². The minimum absolute atomic E-state index is 0.0326. The largest absolute Gasteiger partial charge is 0.493 e. The first kappa shape index (κ1) is 15.8. The van der Waals surface area contributed by atoms with E-state index in [0.29, 0.717) is 26.0 Å². The van der Waals surface area contributed by atoms with Crippen LogP contribution in [-0.4, -0.2) is 30.8 Å². The lowest BCUT2D eigenvalue weighted by Crippen LogP contribution is -2.31. The average Bonchev–Trinajstić information content (AvgIpc) is 3.38. The average molecular weight is 313 g/mol. The molecule has 122 valence electrons. The molecule has 4 heteroatoms. The molecule has 1 amide bonds. The summed E-state index contributed by atoms with van der Waals surface area (Å²) in [6.07, 6.45) is 3.15. The highest BCUT2D eigenvalue weighted by Gasteiger charge is 2.41. The molecule has 2 aromatic carbocycles. The molecule has 1 aliphatic rings. The van der Waals surface area contributed by atoms with Crippen molar-refractivity contribution >= 4 is 16.7 Å². The molecule has 0 spiro atoms. The zero-order chi connectivity index (χ0) is 16.1. The van der Waals surface area contributed by atoms with Crippen LogP contribution in [0.4, 0.5) is 0 Å². The standard InChI is InChI=1S/C19H23NO3/c21-14-19(10-11-19)13-20-18(22)9-4-12-23-17-8-3-6-15-5-1-2-7-16(15)17/h1-3,5-8,21H,4,9-14H2,(H,20,22). The number of amides is 1. The molecule has 0 saturated heterocycles. The molecule has 2 N–H and O–H groups in total. The van der Waals surface area contributed by atoms with Crippen LogP contribution in [0.2, 0.25) is 0 Å².